The fourth-order valence-corrected chi connectivity index (χ4v) is 2.34. The maximum absolute atomic E-state index is 11.4. The van der Waals surface area contributed by atoms with E-state index in [2.05, 4.69) is 4.72 Å². The average Bonchev–Trinajstić information content (AvgIpc) is 2.16. The van der Waals surface area contributed by atoms with Crippen LogP contribution in [0, 0.1) is 0 Å². The van der Waals surface area contributed by atoms with Crippen LogP contribution in [0.4, 0.5) is 5.69 Å². The van der Waals surface area contributed by atoms with Crippen molar-refractivity contribution in [2.24, 2.45) is 0 Å². The second kappa shape index (κ2) is 5.00. The molecule has 4 heteroatoms. The number of rotatable bonds is 5. The highest BCUT2D eigenvalue weighted by atomic mass is 32.2. The van der Waals surface area contributed by atoms with Gasteiger partial charge >= 0.3 is 0 Å². The first kappa shape index (κ1) is 11.0. The van der Waals surface area contributed by atoms with Gasteiger partial charge in [-0.05, 0) is 18.6 Å². The molecule has 0 spiro atoms. The van der Waals surface area contributed by atoms with Crippen LogP contribution in [-0.2, 0) is 10.0 Å². The summed E-state index contributed by atoms with van der Waals surface area (Å²) in [6, 6.07) is 8.94. The molecule has 0 aliphatic rings. The molecule has 3 nitrogen and oxygen atoms in total. The molecule has 0 aliphatic heterocycles. The fourth-order valence-electron chi connectivity index (χ4n) is 1.07. The molecule has 0 amide bonds. The Labute approximate surface area is 85.2 Å². The summed E-state index contributed by atoms with van der Waals surface area (Å²) < 4.78 is 25.4. The number of anilines is 1. The second-order valence-electron chi connectivity index (χ2n) is 3.14. The van der Waals surface area contributed by atoms with Crippen molar-refractivity contribution in [3.63, 3.8) is 0 Å². The summed E-state index contributed by atoms with van der Waals surface area (Å²) in [6.45, 7) is 1.97. The van der Waals surface area contributed by atoms with Crippen molar-refractivity contribution in [1.29, 1.82) is 0 Å². The third-order valence-corrected chi connectivity index (χ3v) is 3.19. The van der Waals surface area contributed by atoms with Crippen LogP contribution >= 0.6 is 0 Å². The maximum atomic E-state index is 11.4. The van der Waals surface area contributed by atoms with Crippen molar-refractivity contribution in [2.75, 3.05) is 10.5 Å². The monoisotopic (exact) mass is 213 g/mol. The summed E-state index contributed by atoms with van der Waals surface area (Å²) >= 11 is 0. The Hall–Kier alpha value is -1.03. The van der Waals surface area contributed by atoms with E-state index in [-0.39, 0.29) is 5.75 Å². The number of benzene rings is 1. The molecular weight excluding hydrogens is 198 g/mol. The zero-order chi connectivity index (χ0) is 10.4. The third-order valence-electron chi connectivity index (χ3n) is 1.81. The first-order chi connectivity index (χ1) is 6.64. The van der Waals surface area contributed by atoms with E-state index in [1.54, 1.807) is 24.3 Å². The fraction of sp³-hybridized carbons (Fsp3) is 0.400. The van der Waals surface area contributed by atoms with E-state index in [9.17, 15) is 8.42 Å². The number of para-hydroxylation sites is 1. The van der Waals surface area contributed by atoms with Gasteiger partial charge in [0.05, 0.1) is 5.75 Å². The number of hydrogen-bond donors (Lipinski definition) is 1. The molecule has 1 aromatic carbocycles. The van der Waals surface area contributed by atoms with Crippen LogP contribution in [0.2, 0.25) is 0 Å². The van der Waals surface area contributed by atoms with Gasteiger partial charge < -0.3 is 0 Å². The van der Waals surface area contributed by atoms with Crippen molar-refractivity contribution in [2.45, 2.75) is 19.8 Å². The lowest BCUT2D eigenvalue weighted by atomic mass is 10.3. The number of hydrogen-bond acceptors (Lipinski definition) is 2. The minimum absolute atomic E-state index is 0.193. The largest absolute Gasteiger partial charge is 0.284 e. The van der Waals surface area contributed by atoms with Gasteiger partial charge in [-0.2, -0.15) is 0 Å². The van der Waals surface area contributed by atoms with Gasteiger partial charge in [-0.25, -0.2) is 8.42 Å². The predicted molar refractivity (Wildman–Crippen MR) is 58.8 cm³/mol. The Morgan fingerprint density at radius 1 is 1.21 bits per heavy atom. The minimum Gasteiger partial charge on any atom is -0.284 e. The highest BCUT2D eigenvalue weighted by Crippen LogP contribution is 2.08. The Balaban J connectivity index is 2.60. The van der Waals surface area contributed by atoms with Gasteiger partial charge in [-0.15, -0.1) is 0 Å². The lowest BCUT2D eigenvalue weighted by Gasteiger charge is -2.06. The first-order valence-electron chi connectivity index (χ1n) is 4.69. The van der Waals surface area contributed by atoms with Crippen LogP contribution in [0.1, 0.15) is 19.8 Å². The van der Waals surface area contributed by atoms with Crippen molar-refractivity contribution in [3.8, 4) is 0 Å². The Bertz CT molecular complexity index is 359. The van der Waals surface area contributed by atoms with Crippen molar-refractivity contribution < 1.29 is 8.42 Å². The molecule has 0 aliphatic carbocycles. The third kappa shape index (κ3) is 3.79. The quantitative estimate of drug-likeness (QED) is 0.815. The van der Waals surface area contributed by atoms with Crippen molar-refractivity contribution in [1.82, 2.24) is 0 Å². The summed E-state index contributed by atoms with van der Waals surface area (Å²) in [5.74, 6) is 0.193. The van der Waals surface area contributed by atoms with E-state index >= 15 is 0 Å². The summed E-state index contributed by atoms with van der Waals surface area (Å²) in [4.78, 5) is 0. The molecule has 0 unspecified atom stereocenters. The summed E-state index contributed by atoms with van der Waals surface area (Å²) in [7, 11) is -3.15. The van der Waals surface area contributed by atoms with E-state index in [1.807, 2.05) is 13.0 Å². The lowest BCUT2D eigenvalue weighted by Crippen LogP contribution is -2.16. The van der Waals surface area contributed by atoms with Gasteiger partial charge in [0, 0.05) is 5.69 Å². The summed E-state index contributed by atoms with van der Waals surface area (Å²) in [5.41, 5.74) is 0.628. The molecule has 0 aromatic heterocycles. The molecule has 0 heterocycles. The van der Waals surface area contributed by atoms with Crippen LogP contribution in [0.25, 0.3) is 0 Å². The van der Waals surface area contributed by atoms with Crippen LogP contribution in [0.5, 0.6) is 0 Å². The van der Waals surface area contributed by atoms with E-state index in [0.717, 1.165) is 6.42 Å². The molecule has 0 fully saturated rings. The average molecular weight is 213 g/mol. The first-order valence-corrected chi connectivity index (χ1v) is 6.35. The zero-order valence-electron chi connectivity index (χ0n) is 8.23. The number of sulfonamides is 1. The topological polar surface area (TPSA) is 46.2 Å². The van der Waals surface area contributed by atoms with E-state index in [1.165, 1.54) is 0 Å². The van der Waals surface area contributed by atoms with Gasteiger partial charge in [0.15, 0.2) is 0 Å². The van der Waals surface area contributed by atoms with Gasteiger partial charge in [-0.3, -0.25) is 4.72 Å². The summed E-state index contributed by atoms with van der Waals surface area (Å²) in [5, 5.41) is 0. The smallest absolute Gasteiger partial charge is 0.232 e. The van der Waals surface area contributed by atoms with Crippen molar-refractivity contribution >= 4 is 15.7 Å². The van der Waals surface area contributed by atoms with Gasteiger partial charge in [-0.1, -0.05) is 31.5 Å². The van der Waals surface area contributed by atoms with Gasteiger partial charge in [0.25, 0.3) is 0 Å². The molecular formula is C10H15NO2S. The molecule has 14 heavy (non-hydrogen) atoms. The molecule has 0 atom stereocenters. The van der Waals surface area contributed by atoms with Gasteiger partial charge in [0.2, 0.25) is 10.0 Å². The standard InChI is InChI=1S/C10H15NO2S/c1-2-3-9-14(12,13)11-10-7-5-4-6-8-10/h4-8,11H,2-3,9H2,1H3. The lowest BCUT2D eigenvalue weighted by molar-refractivity contribution is 0.598. The van der Waals surface area contributed by atoms with Crippen LogP contribution in [-0.4, -0.2) is 14.2 Å². The van der Waals surface area contributed by atoms with Gasteiger partial charge in [0.1, 0.15) is 0 Å². The van der Waals surface area contributed by atoms with E-state index < -0.39 is 10.0 Å². The Kier molecular flexibility index (Phi) is 3.95. The van der Waals surface area contributed by atoms with Crippen LogP contribution in [0.15, 0.2) is 30.3 Å². The normalized spacial score (nSPS) is 11.2. The van der Waals surface area contributed by atoms with Crippen LogP contribution in [0.3, 0.4) is 0 Å². The van der Waals surface area contributed by atoms with Crippen LogP contribution < -0.4 is 4.72 Å². The second-order valence-corrected chi connectivity index (χ2v) is 4.98. The highest BCUT2D eigenvalue weighted by Gasteiger charge is 2.08. The van der Waals surface area contributed by atoms with E-state index in [0.29, 0.717) is 12.1 Å². The molecule has 1 N–H and O–H groups in total. The Morgan fingerprint density at radius 2 is 1.86 bits per heavy atom. The minimum atomic E-state index is -3.15. The predicted octanol–water partition coefficient (Wildman–Crippen LogP) is 2.23. The molecule has 1 rings (SSSR count). The Morgan fingerprint density at radius 3 is 2.43 bits per heavy atom. The maximum Gasteiger partial charge on any atom is 0.232 e. The zero-order valence-corrected chi connectivity index (χ0v) is 9.05. The molecule has 78 valence electrons. The molecule has 0 saturated carbocycles. The molecule has 1 aromatic rings. The number of nitrogens with one attached hydrogen (secondary N) is 1. The molecule has 0 bridgehead atoms. The number of unbranched alkanes of at least 4 members (excludes halogenated alkanes) is 1. The molecule has 0 radical (unpaired) electrons. The SMILES string of the molecule is CCCCS(=O)(=O)Nc1ccccc1. The van der Waals surface area contributed by atoms with Crippen molar-refractivity contribution in [3.05, 3.63) is 30.3 Å². The van der Waals surface area contributed by atoms with E-state index in [4.69, 9.17) is 0 Å². The summed E-state index contributed by atoms with van der Waals surface area (Å²) in [6.07, 6.45) is 1.58. The highest BCUT2D eigenvalue weighted by molar-refractivity contribution is 7.92. The molecule has 0 saturated heterocycles.